The van der Waals surface area contributed by atoms with E-state index in [-0.39, 0.29) is 0 Å². The molecule has 1 spiro atoms. The number of H-pyrrole nitrogens is 1. The number of ether oxygens (including phenoxy) is 5. The number of hydrogen-bond acceptors (Lipinski definition) is 7. The van der Waals surface area contributed by atoms with E-state index in [9.17, 15) is 0 Å². The molecule has 0 saturated carbocycles. The van der Waals surface area contributed by atoms with Crippen LogP contribution in [0.25, 0.3) is 21.8 Å². The number of aromatic nitrogens is 2. The molecule has 4 heterocycles. The highest BCUT2D eigenvalue weighted by Crippen LogP contribution is 2.39. The molecule has 0 radical (unpaired) electrons. The van der Waals surface area contributed by atoms with Crippen LogP contribution in [0.3, 0.4) is 0 Å². The Hall–Kier alpha value is -3.33. The van der Waals surface area contributed by atoms with Gasteiger partial charge in [0.1, 0.15) is 11.5 Å². The summed E-state index contributed by atoms with van der Waals surface area (Å²) in [5.74, 6) is 2.91. The summed E-state index contributed by atoms with van der Waals surface area (Å²) in [4.78, 5) is 10.5. The van der Waals surface area contributed by atoms with Crippen molar-refractivity contribution in [1.29, 1.82) is 0 Å². The van der Waals surface area contributed by atoms with Gasteiger partial charge in [-0.15, -0.1) is 0 Å². The first-order chi connectivity index (χ1) is 21.2. The van der Waals surface area contributed by atoms with Crippen molar-refractivity contribution < 1.29 is 23.7 Å². The fourth-order valence-electron chi connectivity index (χ4n) is 5.83. The number of likely N-dealkylation sites (tertiary alicyclic amines) is 1. The molecule has 0 atom stereocenters. The van der Waals surface area contributed by atoms with E-state index in [2.05, 4.69) is 48.6 Å². The number of pyridine rings is 1. The number of piperidine rings is 1. The van der Waals surface area contributed by atoms with Crippen LogP contribution < -0.4 is 14.2 Å². The summed E-state index contributed by atoms with van der Waals surface area (Å²) in [5, 5.41) is 2.01. The van der Waals surface area contributed by atoms with E-state index in [0.717, 1.165) is 84.9 Å². The molecule has 0 aliphatic carbocycles. The summed E-state index contributed by atoms with van der Waals surface area (Å²) in [6, 6.07) is 14.0. The lowest BCUT2D eigenvalue weighted by atomic mass is 9.77. The van der Waals surface area contributed by atoms with E-state index >= 15 is 0 Å². The van der Waals surface area contributed by atoms with E-state index in [1.165, 1.54) is 19.3 Å². The molecule has 6 rings (SSSR count). The molecule has 2 fully saturated rings. The molecule has 0 amide bonds. The lowest BCUT2D eigenvalue weighted by Gasteiger charge is -2.47. The second kappa shape index (κ2) is 14.2. The summed E-state index contributed by atoms with van der Waals surface area (Å²) in [5.41, 5.74) is 3.89. The summed E-state index contributed by atoms with van der Waals surface area (Å²) >= 11 is 0. The Morgan fingerprint density at radius 2 is 1.80 bits per heavy atom. The normalized spacial score (nSPS) is 16.4. The highest BCUT2D eigenvalue weighted by atomic mass is 16.5. The molecule has 4 aromatic rings. The zero-order valence-electron chi connectivity index (χ0n) is 27.3. The van der Waals surface area contributed by atoms with Crippen molar-refractivity contribution in [3.05, 3.63) is 54.4 Å². The second-order valence-corrected chi connectivity index (χ2v) is 13.1. The Balaban J connectivity index is 0.000000426. The number of nitrogens with zero attached hydrogens (tertiary/aromatic N) is 2. The molecule has 238 valence electrons. The van der Waals surface area contributed by atoms with E-state index in [4.69, 9.17) is 23.7 Å². The number of benzene rings is 2. The molecule has 8 nitrogen and oxygen atoms in total. The molecule has 2 aromatic heterocycles. The summed E-state index contributed by atoms with van der Waals surface area (Å²) in [7, 11) is 3.41. The number of hydrogen-bond donors (Lipinski definition) is 1. The van der Waals surface area contributed by atoms with Crippen LogP contribution in [-0.2, 0) is 9.47 Å². The third-order valence-electron chi connectivity index (χ3n) is 9.04. The van der Waals surface area contributed by atoms with Gasteiger partial charge in [-0.1, -0.05) is 20.8 Å². The monoisotopic (exact) mass is 603 g/mol. The van der Waals surface area contributed by atoms with Crippen molar-refractivity contribution in [3.63, 3.8) is 0 Å². The van der Waals surface area contributed by atoms with Crippen LogP contribution in [0, 0.1) is 17.8 Å². The van der Waals surface area contributed by atoms with Gasteiger partial charge in [-0.2, -0.15) is 0 Å². The van der Waals surface area contributed by atoms with Gasteiger partial charge < -0.3 is 33.6 Å². The van der Waals surface area contributed by atoms with Gasteiger partial charge in [0.05, 0.1) is 39.1 Å². The van der Waals surface area contributed by atoms with Gasteiger partial charge >= 0.3 is 0 Å². The molecule has 2 aromatic carbocycles. The molecule has 44 heavy (non-hydrogen) atoms. The Morgan fingerprint density at radius 1 is 1.00 bits per heavy atom. The van der Waals surface area contributed by atoms with Gasteiger partial charge in [-0.25, -0.2) is 0 Å². The Kier molecular flexibility index (Phi) is 10.3. The predicted molar refractivity (Wildman–Crippen MR) is 176 cm³/mol. The van der Waals surface area contributed by atoms with Crippen LogP contribution >= 0.6 is 0 Å². The summed E-state index contributed by atoms with van der Waals surface area (Å²) < 4.78 is 28.5. The average Bonchev–Trinajstić information content (AvgIpc) is 3.38. The topological polar surface area (TPSA) is 78.1 Å². The largest absolute Gasteiger partial charge is 0.493 e. The Labute approximate surface area is 262 Å². The van der Waals surface area contributed by atoms with Crippen LogP contribution in [0.15, 0.2) is 48.7 Å². The fourth-order valence-corrected chi connectivity index (χ4v) is 5.83. The van der Waals surface area contributed by atoms with Crippen molar-refractivity contribution in [3.8, 4) is 23.0 Å². The first kappa shape index (κ1) is 32.1. The Morgan fingerprint density at radius 3 is 2.45 bits per heavy atom. The molecule has 2 aliphatic heterocycles. The molecule has 2 aliphatic rings. The van der Waals surface area contributed by atoms with Gasteiger partial charge in [0.2, 0.25) is 0 Å². The number of fused-ring (bicyclic) bond motifs is 2. The minimum Gasteiger partial charge on any atom is -0.493 e. The van der Waals surface area contributed by atoms with Crippen molar-refractivity contribution in [2.24, 2.45) is 10.8 Å². The molecular weight excluding hydrogens is 554 g/mol. The first-order valence-electron chi connectivity index (χ1n) is 15.9. The van der Waals surface area contributed by atoms with Gasteiger partial charge in [0.25, 0.3) is 0 Å². The zero-order valence-corrected chi connectivity index (χ0v) is 27.3. The lowest BCUT2D eigenvalue weighted by Crippen LogP contribution is -2.51. The van der Waals surface area contributed by atoms with Crippen LogP contribution in [0.5, 0.6) is 23.0 Å². The third-order valence-corrected chi connectivity index (χ3v) is 9.04. The molecule has 2 saturated heterocycles. The molecule has 8 heteroatoms. The number of methoxy groups -OCH3 is 2. The predicted octanol–water partition coefficient (Wildman–Crippen LogP) is 7.78. The lowest BCUT2D eigenvalue weighted by molar-refractivity contribution is -0.139. The minimum atomic E-state index is 0.370. The van der Waals surface area contributed by atoms with E-state index in [1.807, 2.05) is 36.4 Å². The molecule has 0 unspecified atom stereocenters. The van der Waals surface area contributed by atoms with Crippen LogP contribution in [0.4, 0.5) is 0 Å². The molecule has 0 bridgehead atoms. The fraction of sp³-hybridized carbons (Fsp3) is 0.528. The third kappa shape index (κ3) is 7.84. The van der Waals surface area contributed by atoms with E-state index in [0.29, 0.717) is 28.9 Å². The van der Waals surface area contributed by atoms with Crippen LogP contribution in [0.2, 0.25) is 0 Å². The maximum atomic E-state index is 6.28. The quantitative estimate of drug-likeness (QED) is 0.175. The number of aromatic amines is 1. The summed E-state index contributed by atoms with van der Waals surface area (Å²) in [6.45, 7) is 15.4. The maximum absolute atomic E-state index is 6.28. The Bertz CT molecular complexity index is 1520. The maximum Gasteiger partial charge on any atom is 0.163 e. The van der Waals surface area contributed by atoms with Gasteiger partial charge in [-0.05, 0) is 87.5 Å². The van der Waals surface area contributed by atoms with E-state index in [1.54, 1.807) is 20.4 Å². The number of rotatable bonds is 11. The van der Waals surface area contributed by atoms with E-state index < -0.39 is 0 Å². The molecular formula is C36H49N3O5. The van der Waals surface area contributed by atoms with Crippen molar-refractivity contribution in [2.45, 2.75) is 53.4 Å². The number of aryl methyl sites for hydroxylation is 1. The SMILES string of the molecule is CCC(C)(C)COC.COc1cc2c(Oc3ccc4[nH]c(C)cc4c3)ccnc2cc1OCCCN1CCC2(CC1)COC2. The highest BCUT2D eigenvalue weighted by molar-refractivity contribution is 5.88. The standard InChI is InChI=1S/C29H33N3O4.C7H16O/c1-20-14-21-15-22(4-5-24(21)31-20)36-26-6-9-30-25-17-28(27(33-2)16-23(25)26)35-13-3-10-32-11-7-29(8-12-32)18-34-19-29;1-5-7(2,3)6-8-4/h4-6,9,14-17,31H,3,7-8,10-13,18-19H2,1-2H3;5-6H2,1-4H3. The van der Waals surface area contributed by atoms with Crippen molar-refractivity contribution >= 4 is 21.8 Å². The van der Waals surface area contributed by atoms with Crippen molar-refractivity contribution in [2.75, 3.05) is 60.3 Å². The minimum absolute atomic E-state index is 0.370. The molecule has 1 N–H and O–H groups in total. The zero-order chi connectivity index (χ0) is 31.2. The second-order valence-electron chi connectivity index (χ2n) is 13.1. The number of nitrogens with one attached hydrogen (secondary N) is 1. The van der Waals surface area contributed by atoms with Crippen LogP contribution in [-0.4, -0.2) is 75.1 Å². The first-order valence-corrected chi connectivity index (χ1v) is 15.9. The van der Waals surface area contributed by atoms with Gasteiger partial charge in [-0.3, -0.25) is 4.98 Å². The highest BCUT2D eigenvalue weighted by Gasteiger charge is 2.40. The van der Waals surface area contributed by atoms with Gasteiger partial charge in [0.15, 0.2) is 11.5 Å². The average molecular weight is 604 g/mol. The summed E-state index contributed by atoms with van der Waals surface area (Å²) in [6.07, 6.45) is 6.43. The van der Waals surface area contributed by atoms with Crippen LogP contribution in [0.1, 0.15) is 52.1 Å². The smallest absolute Gasteiger partial charge is 0.163 e. The van der Waals surface area contributed by atoms with Gasteiger partial charge in [0, 0.05) is 53.3 Å². The van der Waals surface area contributed by atoms with Crippen molar-refractivity contribution in [1.82, 2.24) is 14.9 Å².